The first kappa shape index (κ1) is 23.3. The van der Waals surface area contributed by atoms with E-state index < -0.39 is 0 Å². The van der Waals surface area contributed by atoms with Gasteiger partial charge in [0, 0.05) is 26.7 Å². The summed E-state index contributed by atoms with van der Waals surface area (Å²) in [4.78, 5) is 9.58. The second kappa shape index (κ2) is 11.9. The Labute approximate surface area is 187 Å². The van der Waals surface area contributed by atoms with Crippen LogP contribution in [0.15, 0.2) is 29.3 Å². The van der Waals surface area contributed by atoms with Gasteiger partial charge in [0.1, 0.15) is 11.9 Å². The Bertz CT molecular complexity index is 618. The topological polar surface area (TPSA) is 40.1 Å². The number of benzene rings is 1. The van der Waals surface area contributed by atoms with Crippen molar-refractivity contribution in [3.8, 4) is 5.75 Å². The molecule has 2 fully saturated rings. The summed E-state index contributed by atoms with van der Waals surface area (Å²) in [5.74, 6) is 2.74. The fraction of sp³-hybridized carbons (Fsp3) is 0.682. The Morgan fingerprint density at radius 2 is 1.96 bits per heavy atom. The molecule has 0 bridgehead atoms. The molecule has 2 heterocycles. The van der Waals surface area contributed by atoms with Crippen molar-refractivity contribution in [2.45, 2.75) is 45.6 Å². The lowest BCUT2D eigenvalue weighted by Crippen LogP contribution is -2.44. The van der Waals surface area contributed by atoms with E-state index in [4.69, 9.17) is 4.74 Å². The van der Waals surface area contributed by atoms with Gasteiger partial charge in [0.05, 0.1) is 6.54 Å². The highest BCUT2D eigenvalue weighted by atomic mass is 127. The van der Waals surface area contributed by atoms with Gasteiger partial charge in [-0.05, 0) is 63.7 Å². The van der Waals surface area contributed by atoms with Gasteiger partial charge in [-0.2, -0.15) is 0 Å². The molecule has 3 rings (SSSR count). The highest BCUT2D eigenvalue weighted by molar-refractivity contribution is 14.0. The quantitative estimate of drug-likeness (QED) is 0.367. The van der Waals surface area contributed by atoms with E-state index in [2.05, 4.69) is 40.0 Å². The van der Waals surface area contributed by atoms with Crippen LogP contribution in [0.25, 0.3) is 0 Å². The van der Waals surface area contributed by atoms with Crippen molar-refractivity contribution in [2.24, 2.45) is 10.9 Å². The van der Waals surface area contributed by atoms with Crippen molar-refractivity contribution < 1.29 is 4.74 Å². The van der Waals surface area contributed by atoms with Crippen LogP contribution in [-0.4, -0.2) is 68.2 Å². The van der Waals surface area contributed by atoms with Crippen LogP contribution in [0.3, 0.4) is 0 Å². The average Bonchev–Trinajstić information content (AvgIpc) is 3.13. The van der Waals surface area contributed by atoms with Crippen LogP contribution in [0.4, 0.5) is 0 Å². The van der Waals surface area contributed by atoms with E-state index in [1.54, 1.807) is 0 Å². The zero-order valence-electron chi connectivity index (χ0n) is 17.7. The van der Waals surface area contributed by atoms with Crippen molar-refractivity contribution in [3.63, 3.8) is 0 Å². The number of hydrogen-bond donors (Lipinski definition) is 1. The number of guanidine groups is 1. The Balaban J connectivity index is 0.00000280. The Morgan fingerprint density at radius 1 is 1.21 bits per heavy atom. The van der Waals surface area contributed by atoms with E-state index in [1.165, 1.54) is 50.9 Å². The molecule has 0 aromatic heterocycles. The highest BCUT2D eigenvalue weighted by Gasteiger charge is 2.27. The maximum atomic E-state index is 6.08. The maximum absolute atomic E-state index is 6.08. The lowest BCUT2D eigenvalue weighted by molar-refractivity contribution is 0.197. The highest BCUT2D eigenvalue weighted by Crippen LogP contribution is 2.20. The number of aryl methyl sites for hydroxylation is 1. The second-order valence-electron chi connectivity index (χ2n) is 8.08. The first-order valence-electron chi connectivity index (χ1n) is 10.6. The lowest BCUT2D eigenvalue weighted by atomic mass is 10.1. The summed E-state index contributed by atoms with van der Waals surface area (Å²) in [5, 5.41) is 3.51. The normalized spacial score (nSPS) is 21.9. The maximum Gasteiger partial charge on any atom is 0.193 e. The predicted molar refractivity (Wildman–Crippen MR) is 128 cm³/mol. The zero-order valence-corrected chi connectivity index (χ0v) is 20.0. The molecule has 158 valence electrons. The van der Waals surface area contributed by atoms with Crippen LogP contribution < -0.4 is 10.1 Å². The van der Waals surface area contributed by atoms with Gasteiger partial charge in [0.15, 0.2) is 5.96 Å². The Hall–Kier alpha value is -1.02. The molecule has 0 radical (unpaired) electrons. The van der Waals surface area contributed by atoms with E-state index in [-0.39, 0.29) is 30.1 Å². The molecule has 0 saturated carbocycles. The number of ether oxygens (including phenoxy) is 1. The van der Waals surface area contributed by atoms with Gasteiger partial charge in [-0.25, -0.2) is 0 Å². The molecule has 0 amide bonds. The molecule has 1 N–H and O–H groups in total. The molecule has 2 saturated heterocycles. The summed E-state index contributed by atoms with van der Waals surface area (Å²) in [6.45, 7) is 11.0. The summed E-state index contributed by atoms with van der Waals surface area (Å²) < 4.78 is 6.08. The van der Waals surface area contributed by atoms with Gasteiger partial charge in [-0.1, -0.05) is 24.6 Å². The SMILES string of the molecule is CN=C(NCC(C)Oc1ccccc1C)N1CCC(CN2CCCCC2)C1.I. The van der Waals surface area contributed by atoms with Crippen molar-refractivity contribution in [3.05, 3.63) is 29.8 Å². The molecule has 2 aliphatic rings. The minimum atomic E-state index is 0. The summed E-state index contributed by atoms with van der Waals surface area (Å²) in [6.07, 6.45) is 5.52. The predicted octanol–water partition coefficient (Wildman–Crippen LogP) is 3.76. The van der Waals surface area contributed by atoms with Crippen molar-refractivity contribution in [1.29, 1.82) is 0 Å². The van der Waals surface area contributed by atoms with Crippen LogP contribution in [0, 0.1) is 12.8 Å². The van der Waals surface area contributed by atoms with Gasteiger partial charge in [0.2, 0.25) is 0 Å². The molecule has 0 aliphatic carbocycles. The molecule has 5 nitrogen and oxygen atoms in total. The molecule has 2 aliphatic heterocycles. The average molecular weight is 500 g/mol. The number of nitrogens with zero attached hydrogens (tertiary/aromatic N) is 3. The van der Waals surface area contributed by atoms with Gasteiger partial charge >= 0.3 is 0 Å². The van der Waals surface area contributed by atoms with Gasteiger partial charge in [-0.3, -0.25) is 4.99 Å². The molecule has 2 atom stereocenters. The van der Waals surface area contributed by atoms with Crippen LogP contribution in [0.2, 0.25) is 0 Å². The van der Waals surface area contributed by atoms with E-state index >= 15 is 0 Å². The minimum absolute atomic E-state index is 0. The first-order chi connectivity index (χ1) is 13.2. The third-order valence-corrected chi connectivity index (χ3v) is 5.73. The number of para-hydroxylation sites is 1. The van der Waals surface area contributed by atoms with E-state index in [9.17, 15) is 0 Å². The Morgan fingerprint density at radius 3 is 2.68 bits per heavy atom. The van der Waals surface area contributed by atoms with E-state index in [1.807, 2.05) is 25.2 Å². The number of nitrogens with one attached hydrogen (secondary N) is 1. The molecule has 0 spiro atoms. The summed E-state index contributed by atoms with van der Waals surface area (Å²) in [7, 11) is 1.88. The van der Waals surface area contributed by atoms with Crippen molar-refractivity contribution in [1.82, 2.24) is 15.1 Å². The second-order valence-corrected chi connectivity index (χ2v) is 8.08. The van der Waals surface area contributed by atoms with Crippen LogP contribution in [0.1, 0.15) is 38.2 Å². The standard InChI is InChI=1S/C22H36N4O.HI/c1-18-9-5-6-10-21(18)27-19(2)15-24-22(23-3)26-14-11-20(17-26)16-25-12-7-4-8-13-25;/h5-6,9-10,19-20H,4,7-8,11-17H2,1-3H3,(H,23,24);1H. The molecular formula is C22H37IN4O. The number of rotatable bonds is 6. The van der Waals surface area contributed by atoms with Crippen molar-refractivity contribution >= 4 is 29.9 Å². The van der Waals surface area contributed by atoms with Crippen molar-refractivity contribution in [2.75, 3.05) is 46.3 Å². The van der Waals surface area contributed by atoms with E-state index in [0.717, 1.165) is 37.3 Å². The van der Waals surface area contributed by atoms with Crippen LogP contribution >= 0.6 is 24.0 Å². The number of hydrogen-bond acceptors (Lipinski definition) is 3. The molecule has 1 aromatic carbocycles. The first-order valence-corrected chi connectivity index (χ1v) is 10.6. The van der Waals surface area contributed by atoms with E-state index in [0.29, 0.717) is 0 Å². The lowest BCUT2D eigenvalue weighted by Gasteiger charge is -2.29. The molecule has 1 aromatic rings. The molecule has 28 heavy (non-hydrogen) atoms. The summed E-state index contributed by atoms with van der Waals surface area (Å²) >= 11 is 0. The summed E-state index contributed by atoms with van der Waals surface area (Å²) in [6, 6.07) is 8.18. The number of piperidine rings is 1. The largest absolute Gasteiger partial charge is 0.489 e. The molecule has 6 heteroatoms. The van der Waals surface area contributed by atoms with Crippen LogP contribution in [-0.2, 0) is 0 Å². The van der Waals surface area contributed by atoms with Gasteiger partial charge in [-0.15, -0.1) is 24.0 Å². The third-order valence-electron chi connectivity index (χ3n) is 5.73. The summed E-state index contributed by atoms with van der Waals surface area (Å²) in [5.41, 5.74) is 1.17. The minimum Gasteiger partial charge on any atom is -0.489 e. The third kappa shape index (κ3) is 6.79. The zero-order chi connectivity index (χ0) is 19.1. The molecular weight excluding hydrogens is 463 g/mol. The fourth-order valence-corrected chi connectivity index (χ4v) is 4.20. The number of aliphatic imine (C=N–C) groups is 1. The fourth-order valence-electron chi connectivity index (χ4n) is 4.20. The van der Waals surface area contributed by atoms with Gasteiger partial charge in [0.25, 0.3) is 0 Å². The number of likely N-dealkylation sites (tertiary alicyclic amines) is 2. The number of halogens is 1. The smallest absolute Gasteiger partial charge is 0.193 e. The monoisotopic (exact) mass is 500 g/mol. The molecule has 2 unspecified atom stereocenters. The van der Waals surface area contributed by atoms with Crippen LogP contribution in [0.5, 0.6) is 5.75 Å². The Kier molecular flexibility index (Phi) is 9.85. The van der Waals surface area contributed by atoms with Gasteiger partial charge < -0.3 is 19.9 Å².